The lowest BCUT2D eigenvalue weighted by Crippen LogP contribution is -2.25. The van der Waals surface area contributed by atoms with Gasteiger partial charge in [-0.25, -0.2) is 4.39 Å². The molecule has 0 amide bonds. The van der Waals surface area contributed by atoms with E-state index in [0.717, 1.165) is 4.68 Å². The van der Waals surface area contributed by atoms with Crippen LogP contribution >= 0.6 is 12.2 Å². The molecule has 114 valence electrons. The molecule has 2 rings (SSSR count). The molecule has 2 N–H and O–H groups in total. The van der Waals surface area contributed by atoms with Crippen molar-refractivity contribution in [2.24, 2.45) is 5.10 Å². The third-order valence-corrected chi connectivity index (χ3v) is 2.95. The molecule has 0 aliphatic heterocycles. The van der Waals surface area contributed by atoms with E-state index in [0.29, 0.717) is 5.56 Å². The molecule has 0 unspecified atom stereocenters. The highest BCUT2D eigenvalue weighted by Gasteiger charge is 2.08. The normalized spacial score (nSPS) is 11.0. The summed E-state index contributed by atoms with van der Waals surface area (Å²) in [5, 5.41) is 18.7. The van der Waals surface area contributed by atoms with Crippen LogP contribution in [-0.4, -0.2) is 32.2 Å². The molecule has 0 fully saturated rings. The van der Waals surface area contributed by atoms with Crippen molar-refractivity contribution in [2.45, 2.75) is 12.8 Å². The fourth-order valence-electron chi connectivity index (χ4n) is 1.59. The molecule has 0 saturated heterocycles. The topological polar surface area (TPSA) is 100 Å². The molecule has 22 heavy (non-hydrogen) atoms. The van der Waals surface area contributed by atoms with Gasteiger partial charge in [-0.15, -0.1) is 0 Å². The first-order chi connectivity index (χ1) is 10.5. The summed E-state index contributed by atoms with van der Waals surface area (Å²) in [5.41, 5.74) is 0.00205. The maximum atomic E-state index is 12.8. The van der Waals surface area contributed by atoms with E-state index in [-0.39, 0.29) is 29.1 Å². The van der Waals surface area contributed by atoms with Crippen LogP contribution in [0.4, 0.5) is 4.39 Å². The van der Waals surface area contributed by atoms with Gasteiger partial charge >= 0.3 is 5.97 Å². The van der Waals surface area contributed by atoms with Crippen LogP contribution in [0.3, 0.4) is 0 Å². The number of aromatic amines is 1. The number of nitrogens with zero attached hydrogens (tertiary/aromatic N) is 3. The summed E-state index contributed by atoms with van der Waals surface area (Å²) in [6, 6.07) is 5.50. The van der Waals surface area contributed by atoms with Gasteiger partial charge in [0.25, 0.3) is 5.56 Å². The van der Waals surface area contributed by atoms with Crippen molar-refractivity contribution in [3.63, 3.8) is 0 Å². The second-order valence-electron chi connectivity index (χ2n) is 4.28. The van der Waals surface area contributed by atoms with Crippen LogP contribution in [0.25, 0.3) is 0 Å². The molecule has 0 bridgehead atoms. The average Bonchev–Trinajstić information content (AvgIpc) is 2.48. The molecular weight excluding hydrogens is 311 g/mol. The summed E-state index contributed by atoms with van der Waals surface area (Å²) in [6.07, 6.45) is 1.08. The minimum Gasteiger partial charge on any atom is -0.481 e. The van der Waals surface area contributed by atoms with Crippen molar-refractivity contribution >= 4 is 24.4 Å². The second-order valence-corrected chi connectivity index (χ2v) is 4.67. The number of hydrogen-bond donors (Lipinski definition) is 2. The van der Waals surface area contributed by atoms with Crippen LogP contribution in [-0.2, 0) is 11.2 Å². The highest BCUT2D eigenvalue weighted by Crippen LogP contribution is 2.00. The summed E-state index contributed by atoms with van der Waals surface area (Å²) in [5.74, 6) is -1.42. The molecule has 1 aromatic carbocycles. The Bertz CT molecular complexity index is 826. The van der Waals surface area contributed by atoms with E-state index in [2.05, 4.69) is 15.3 Å². The van der Waals surface area contributed by atoms with Gasteiger partial charge in [-0.1, -0.05) is 12.1 Å². The lowest BCUT2D eigenvalue weighted by atomic mass is 10.2. The number of rotatable bonds is 5. The third-order valence-electron chi connectivity index (χ3n) is 2.69. The Morgan fingerprint density at radius 1 is 1.45 bits per heavy atom. The average molecular weight is 322 g/mol. The van der Waals surface area contributed by atoms with Crippen molar-refractivity contribution in [1.29, 1.82) is 0 Å². The zero-order valence-electron chi connectivity index (χ0n) is 11.2. The van der Waals surface area contributed by atoms with Crippen molar-refractivity contribution in [3.05, 3.63) is 56.5 Å². The largest absolute Gasteiger partial charge is 0.481 e. The van der Waals surface area contributed by atoms with Gasteiger partial charge in [0, 0.05) is 6.42 Å². The summed E-state index contributed by atoms with van der Waals surface area (Å²) in [6.45, 7) is 0. The van der Waals surface area contributed by atoms with Crippen molar-refractivity contribution in [2.75, 3.05) is 0 Å². The van der Waals surface area contributed by atoms with E-state index in [4.69, 9.17) is 17.3 Å². The quantitative estimate of drug-likeness (QED) is 0.639. The highest BCUT2D eigenvalue weighted by atomic mass is 32.1. The van der Waals surface area contributed by atoms with Gasteiger partial charge in [0.1, 0.15) is 11.5 Å². The van der Waals surface area contributed by atoms with Crippen LogP contribution < -0.4 is 5.56 Å². The molecule has 0 atom stereocenters. The lowest BCUT2D eigenvalue weighted by molar-refractivity contribution is -0.136. The summed E-state index contributed by atoms with van der Waals surface area (Å²) < 4.78 is 13.7. The van der Waals surface area contributed by atoms with Gasteiger partial charge < -0.3 is 5.11 Å². The lowest BCUT2D eigenvalue weighted by Gasteiger charge is -2.01. The Morgan fingerprint density at radius 3 is 2.77 bits per heavy atom. The zero-order valence-corrected chi connectivity index (χ0v) is 12.0. The standard InChI is InChI=1S/C13H11FN4O3S/c14-9-3-1-8(2-4-9)7-15-18-12(21)10(5-6-11(19)20)16-17-13(18)22/h1-4,7H,5-6H2,(H,17,22)(H,19,20)/b15-7-. The summed E-state index contributed by atoms with van der Waals surface area (Å²) >= 11 is 4.93. The Hall–Kier alpha value is -2.68. The number of H-pyrrole nitrogens is 1. The number of halogens is 1. The van der Waals surface area contributed by atoms with Gasteiger partial charge in [0.15, 0.2) is 0 Å². The number of hydrogen-bond acceptors (Lipinski definition) is 5. The molecule has 9 heteroatoms. The SMILES string of the molecule is O=C(O)CCc1n[nH]c(=S)n(/N=C\c2ccc(F)cc2)c1=O. The van der Waals surface area contributed by atoms with Crippen LogP contribution in [0.2, 0.25) is 0 Å². The van der Waals surface area contributed by atoms with Gasteiger partial charge in [-0.2, -0.15) is 14.9 Å². The van der Waals surface area contributed by atoms with E-state index in [1.165, 1.54) is 30.5 Å². The molecule has 0 saturated carbocycles. The maximum Gasteiger partial charge on any atom is 0.303 e. The first kappa shape index (κ1) is 15.7. The fourth-order valence-corrected chi connectivity index (χ4v) is 1.77. The van der Waals surface area contributed by atoms with Gasteiger partial charge in [-0.05, 0) is 29.9 Å². The Kier molecular flexibility index (Phi) is 4.89. The van der Waals surface area contributed by atoms with Crippen LogP contribution in [0, 0.1) is 10.6 Å². The third kappa shape index (κ3) is 3.92. The molecular formula is C13H11FN4O3S. The number of aryl methyl sites for hydroxylation is 1. The van der Waals surface area contributed by atoms with Crippen molar-refractivity contribution in [1.82, 2.24) is 14.9 Å². The number of nitrogens with one attached hydrogen (secondary N) is 1. The predicted octanol–water partition coefficient (Wildman–Crippen LogP) is 1.34. The van der Waals surface area contributed by atoms with Gasteiger partial charge in [0.2, 0.25) is 4.77 Å². The number of benzene rings is 1. The molecule has 0 spiro atoms. The van der Waals surface area contributed by atoms with E-state index in [1.807, 2.05) is 0 Å². The molecule has 7 nitrogen and oxygen atoms in total. The van der Waals surface area contributed by atoms with Crippen molar-refractivity contribution < 1.29 is 14.3 Å². The Labute approximate surface area is 128 Å². The smallest absolute Gasteiger partial charge is 0.303 e. The first-order valence-corrected chi connectivity index (χ1v) is 6.60. The predicted molar refractivity (Wildman–Crippen MR) is 79.0 cm³/mol. The van der Waals surface area contributed by atoms with E-state index >= 15 is 0 Å². The minimum absolute atomic E-state index is 0.0206. The first-order valence-electron chi connectivity index (χ1n) is 6.19. The van der Waals surface area contributed by atoms with Crippen LogP contribution in [0.1, 0.15) is 17.7 Å². The molecule has 0 aliphatic carbocycles. The zero-order chi connectivity index (χ0) is 16.1. The molecule has 0 aliphatic rings. The van der Waals surface area contributed by atoms with Crippen molar-refractivity contribution in [3.8, 4) is 0 Å². The van der Waals surface area contributed by atoms with E-state index < -0.39 is 11.5 Å². The number of aromatic nitrogens is 3. The monoisotopic (exact) mass is 322 g/mol. The van der Waals surface area contributed by atoms with Crippen LogP contribution in [0.5, 0.6) is 0 Å². The molecule has 1 aromatic heterocycles. The number of carbonyl (C=O) groups is 1. The number of carboxylic acid groups (broad SMARTS) is 1. The Morgan fingerprint density at radius 2 is 2.14 bits per heavy atom. The fraction of sp³-hybridized carbons (Fsp3) is 0.154. The van der Waals surface area contributed by atoms with E-state index in [1.54, 1.807) is 0 Å². The minimum atomic E-state index is -1.04. The highest BCUT2D eigenvalue weighted by molar-refractivity contribution is 7.71. The number of aliphatic carboxylic acids is 1. The molecule has 1 heterocycles. The van der Waals surface area contributed by atoms with Gasteiger partial charge in [0.05, 0.1) is 12.6 Å². The van der Waals surface area contributed by atoms with E-state index in [9.17, 15) is 14.0 Å². The Balaban J connectivity index is 2.32. The maximum absolute atomic E-state index is 12.8. The number of carboxylic acids is 1. The second kappa shape index (κ2) is 6.85. The molecule has 0 radical (unpaired) electrons. The van der Waals surface area contributed by atoms with Crippen LogP contribution in [0.15, 0.2) is 34.2 Å². The summed E-state index contributed by atoms with van der Waals surface area (Å²) in [7, 11) is 0. The summed E-state index contributed by atoms with van der Waals surface area (Å²) in [4.78, 5) is 22.7. The molecule has 2 aromatic rings. The van der Waals surface area contributed by atoms with Gasteiger partial charge in [-0.3, -0.25) is 14.7 Å².